The van der Waals surface area contributed by atoms with Crippen LogP contribution in [0.2, 0.25) is 0 Å². The number of hydrogen-bond donors (Lipinski definition) is 1. The Bertz CT molecular complexity index is 152. The van der Waals surface area contributed by atoms with Crippen LogP contribution in [0.5, 0.6) is 0 Å². The maximum Gasteiger partial charge on any atom is 0.0589 e. The van der Waals surface area contributed by atoms with Crippen LogP contribution in [0.15, 0.2) is 0 Å². The van der Waals surface area contributed by atoms with Gasteiger partial charge in [-0.15, -0.1) is 0 Å². The van der Waals surface area contributed by atoms with Crippen LogP contribution in [0.1, 0.15) is 25.7 Å². The summed E-state index contributed by atoms with van der Waals surface area (Å²) in [4.78, 5) is 2.27. The highest BCUT2D eigenvalue weighted by atomic mass is 16.5. The third-order valence-electron chi connectivity index (χ3n) is 3.18. The number of hydrogen-bond acceptors (Lipinski definition) is 3. The van der Waals surface area contributed by atoms with Crippen LogP contribution >= 0.6 is 0 Å². The predicted octanol–water partition coefficient (Wildman–Crippen LogP) is 1.12. The van der Waals surface area contributed by atoms with E-state index in [1.807, 2.05) is 0 Å². The van der Waals surface area contributed by atoms with Gasteiger partial charge >= 0.3 is 0 Å². The van der Waals surface area contributed by atoms with E-state index in [0.717, 1.165) is 32.5 Å². The standard InChI is InChI=1S/C11H23NO2/c1-12(8-9-14-2)7-6-10-4-3-5-11(10)13/h10-11,13H,3-9H2,1-2H3. The van der Waals surface area contributed by atoms with Gasteiger partial charge in [-0.2, -0.15) is 0 Å². The van der Waals surface area contributed by atoms with E-state index in [-0.39, 0.29) is 6.10 Å². The molecule has 1 fully saturated rings. The van der Waals surface area contributed by atoms with Crippen molar-refractivity contribution in [3.8, 4) is 0 Å². The van der Waals surface area contributed by atoms with E-state index in [2.05, 4.69) is 11.9 Å². The summed E-state index contributed by atoms with van der Waals surface area (Å²) in [6.45, 7) is 2.86. The molecule has 2 atom stereocenters. The first-order chi connectivity index (χ1) is 6.74. The lowest BCUT2D eigenvalue weighted by molar-refractivity contribution is 0.114. The Morgan fingerprint density at radius 2 is 2.14 bits per heavy atom. The number of aliphatic hydroxyl groups is 1. The van der Waals surface area contributed by atoms with Crippen LogP contribution in [-0.2, 0) is 4.74 Å². The molecule has 2 unspecified atom stereocenters. The van der Waals surface area contributed by atoms with Crippen molar-refractivity contribution >= 4 is 0 Å². The van der Waals surface area contributed by atoms with E-state index in [4.69, 9.17) is 4.74 Å². The molecule has 1 aliphatic carbocycles. The molecule has 84 valence electrons. The molecule has 1 saturated carbocycles. The van der Waals surface area contributed by atoms with E-state index < -0.39 is 0 Å². The second-order valence-electron chi connectivity index (χ2n) is 4.34. The summed E-state index contributed by atoms with van der Waals surface area (Å²) < 4.78 is 5.01. The van der Waals surface area contributed by atoms with Crippen LogP contribution in [0.4, 0.5) is 0 Å². The van der Waals surface area contributed by atoms with Gasteiger partial charge in [0.15, 0.2) is 0 Å². The number of likely N-dealkylation sites (N-methyl/N-ethyl adjacent to an activating group) is 1. The maximum absolute atomic E-state index is 9.63. The molecule has 14 heavy (non-hydrogen) atoms. The molecule has 3 heteroatoms. The summed E-state index contributed by atoms with van der Waals surface area (Å²) in [5.41, 5.74) is 0. The minimum absolute atomic E-state index is 0.0363. The number of rotatable bonds is 6. The molecule has 0 heterocycles. The summed E-state index contributed by atoms with van der Waals surface area (Å²) in [5.74, 6) is 0.542. The zero-order valence-electron chi connectivity index (χ0n) is 9.41. The first kappa shape index (κ1) is 12.0. The second-order valence-corrected chi connectivity index (χ2v) is 4.34. The SMILES string of the molecule is COCCN(C)CCC1CCCC1O. The third kappa shape index (κ3) is 3.95. The molecule has 0 aromatic rings. The molecule has 1 rings (SSSR count). The highest BCUT2D eigenvalue weighted by Crippen LogP contribution is 2.28. The quantitative estimate of drug-likeness (QED) is 0.699. The lowest BCUT2D eigenvalue weighted by Crippen LogP contribution is -2.27. The van der Waals surface area contributed by atoms with Gasteiger partial charge < -0.3 is 14.7 Å². The van der Waals surface area contributed by atoms with Crippen LogP contribution in [0.25, 0.3) is 0 Å². The maximum atomic E-state index is 9.63. The smallest absolute Gasteiger partial charge is 0.0589 e. The molecule has 0 radical (unpaired) electrons. The third-order valence-corrected chi connectivity index (χ3v) is 3.18. The summed E-state index contributed by atoms with van der Waals surface area (Å²) in [6, 6.07) is 0. The molecule has 0 amide bonds. The minimum Gasteiger partial charge on any atom is -0.393 e. The van der Waals surface area contributed by atoms with Crippen molar-refractivity contribution < 1.29 is 9.84 Å². The van der Waals surface area contributed by atoms with Crippen molar-refractivity contribution in [2.45, 2.75) is 31.8 Å². The molecular weight excluding hydrogens is 178 g/mol. The first-order valence-electron chi connectivity index (χ1n) is 5.59. The Hall–Kier alpha value is -0.120. The number of aliphatic hydroxyl groups excluding tert-OH is 1. The summed E-state index contributed by atoms with van der Waals surface area (Å²) in [6.07, 6.45) is 4.51. The van der Waals surface area contributed by atoms with Gasteiger partial charge in [0.25, 0.3) is 0 Å². The fourth-order valence-corrected chi connectivity index (χ4v) is 2.10. The van der Waals surface area contributed by atoms with Crippen molar-refractivity contribution in [3.63, 3.8) is 0 Å². The molecule has 1 N–H and O–H groups in total. The van der Waals surface area contributed by atoms with Crippen molar-refractivity contribution in [2.24, 2.45) is 5.92 Å². The van der Waals surface area contributed by atoms with Crippen molar-refractivity contribution in [2.75, 3.05) is 33.9 Å². The molecule has 0 aliphatic heterocycles. The largest absolute Gasteiger partial charge is 0.393 e. The Labute approximate surface area is 87.1 Å². The van der Waals surface area contributed by atoms with Gasteiger partial charge in [-0.25, -0.2) is 0 Å². The minimum atomic E-state index is -0.0363. The highest BCUT2D eigenvalue weighted by molar-refractivity contribution is 4.77. The molecular formula is C11H23NO2. The van der Waals surface area contributed by atoms with Crippen molar-refractivity contribution in [3.05, 3.63) is 0 Å². The van der Waals surface area contributed by atoms with Crippen LogP contribution < -0.4 is 0 Å². The van der Waals surface area contributed by atoms with E-state index in [1.54, 1.807) is 7.11 Å². The van der Waals surface area contributed by atoms with E-state index in [9.17, 15) is 5.11 Å². The van der Waals surface area contributed by atoms with Crippen LogP contribution in [0, 0.1) is 5.92 Å². The lowest BCUT2D eigenvalue weighted by atomic mass is 10.0. The Kier molecular flexibility index (Phi) is 5.45. The van der Waals surface area contributed by atoms with Crippen molar-refractivity contribution in [1.82, 2.24) is 4.90 Å². The summed E-state index contributed by atoms with van der Waals surface area (Å²) in [5, 5.41) is 9.63. The fourth-order valence-electron chi connectivity index (χ4n) is 2.10. The van der Waals surface area contributed by atoms with Gasteiger partial charge in [0, 0.05) is 13.7 Å². The Morgan fingerprint density at radius 1 is 1.36 bits per heavy atom. The molecule has 0 saturated heterocycles. The zero-order chi connectivity index (χ0) is 10.4. The normalized spacial score (nSPS) is 27.4. The van der Waals surface area contributed by atoms with Crippen LogP contribution in [-0.4, -0.2) is 50.0 Å². The number of nitrogens with zero attached hydrogens (tertiary/aromatic N) is 1. The topological polar surface area (TPSA) is 32.7 Å². The Morgan fingerprint density at radius 3 is 2.71 bits per heavy atom. The lowest BCUT2D eigenvalue weighted by Gasteiger charge is -2.20. The number of ether oxygens (including phenoxy) is 1. The molecule has 0 bridgehead atoms. The fraction of sp³-hybridized carbons (Fsp3) is 1.00. The van der Waals surface area contributed by atoms with Gasteiger partial charge in [-0.3, -0.25) is 0 Å². The van der Waals surface area contributed by atoms with E-state index in [0.29, 0.717) is 5.92 Å². The molecule has 1 aliphatic rings. The number of methoxy groups -OCH3 is 1. The zero-order valence-corrected chi connectivity index (χ0v) is 9.41. The van der Waals surface area contributed by atoms with Crippen LogP contribution in [0.3, 0.4) is 0 Å². The van der Waals surface area contributed by atoms with Gasteiger partial charge in [0.2, 0.25) is 0 Å². The molecule has 3 nitrogen and oxygen atoms in total. The molecule has 0 spiro atoms. The first-order valence-corrected chi connectivity index (χ1v) is 5.59. The van der Waals surface area contributed by atoms with Gasteiger partial charge in [0.1, 0.15) is 0 Å². The van der Waals surface area contributed by atoms with Crippen molar-refractivity contribution in [1.29, 1.82) is 0 Å². The van der Waals surface area contributed by atoms with Gasteiger partial charge in [0.05, 0.1) is 12.7 Å². The predicted molar refractivity (Wildman–Crippen MR) is 57.3 cm³/mol. The molecule has 0 aromatic heterocycles. The summed E-state index contributed by atoms with van der Waals surface area (Å²) in [7, 11) is 3.84. The van der Waals surface area contributed by atoms with E-state index in [1.165, 1.54) is 12.8 Å². The average Bonchev–Trinajstić information content (AvgIpc) is 2.58. The van der Waals surface area contributed by atoms with Gasteiger partial charge in [-0.05, 0) is 38.8 Å². The van der Waals surface area contributed by atoms with E-state index >= 15 is 0 Å². The van der Waals surface area contributed by atoms with Gasteiger partial charge in [-0.1, -0.05) is 6.42 Å². The summed E-state index contributed by atoms with van der Waals surface area (Å²) >= 11 is 0. The highest BCUT2D eigenvalue weighted by Gasteiger charge is 2.24. The molecule has 0 aromatic carbocycles. The Balaban J connectivity index is 2.07. The average molecular weight is 201 g/mol. The second kappa shape index (κ2) is 6.38. The monoisotopic (exact) mass is 201 g/mol.